The maximum atomic E-state index is 13.5. The molecule has 8 nitrogen and oxygen atoms in total. The Balaban J connectivity index is 1.53. The number of carbonyl (C=O) groups is 1. The Labute approximate surface area is 162 Å². The van der Waals surface area contributed by atoms with E-state index in [-0.39, 0.29) is 16.8 Å². The van der Waals surface area contributed by atoms with Crippen LogP contribution in [0.1, 0.15) is 0 Å². The Morgan fingerprint density at radius 3 is 2.62 bits per heavy atom. The molecule has 0 spiro atoms. The van der Waals surface area contributed by atoms with Crippen molar-refractivity contribution in [3.05, 3.63) is 83.0 Å². The van der Waals surface area contributed by atoms with E-state index in [1.807, 2.05) is 0 Å². The van der Waals surface area contributed by atoms with E-state index >= 15 is 0 Å². The second kappa shape index (κ2) is 7.50. The third-order valence-corrected chi connectivity index (χ3v) is 4.00. The van der Waals surface area contributed by atoms with Gasteiger partial charge in [-0.05, 0) is 36.4 Å². The van der Waals surface area contributed by atoms with Gasteiger partial charge in [0.05, 0.1) is 11.9 Å². The predicted octanol–water partition coefficient (Wildman–Crippen LogP) is 2.01. The van der Waals surface area contributed by atoms with Crippen LogP contribution in [0.15, 0.2) is 65.8 Å². The fourth-order valence-corrected chi connectivity index (χ4v) is 2.63. The molecular formula is C19H13F2N5O3. The summed E-state index contributed by atoms with van der Waals surface area (Å²) in [5, 5.41) is 4.25. The zero-order valence-corrected chi connectivity index (χ0v) is 14.8. The molecule has 0 aliphatic rings. The zero-order chi connectivity index (χ0) is 20.4. The number of fused-ring (bicyclic) bond motifs is 1. The maximum absolute atomic E-state index is 13.5. The first kappa shape index (κ1) is 18.3. The van der Waals surface area contributed by atoms with Crippen molar-refractivity contribution in [1.82, 2.24) is 19.4 Å². The van der Waals surface area contributed by atoms with Crippen molar-refractivity contribution < 1.29 is 18.3 Å². The minimum atomic E-state index is -0.678. The smallest absolute Gasteiger partial charge is 0.283 e. The quantitative estimate of drug-likeness (QED) is 0.556. The molecule has 1 amide bonds. The molecule has 0 saturated carbocycles. The fourth-order valence-electron chi connectivity index (χ4n) is 2.63. The van der Waals surface area contributed by atoms with Crippen molar-refractivity contribution in [2.45, 2.75) is 0 Å². The van der Waals surface area contributed by atoms with E-state index in [0.29, 0.717) is 5.69 Å². The first-order valence-corrected chi connectivity index (χ1v) is 8.41. The monoisotopic (exact) mass is 397 g/mol. The SMILES string of the molecule is O=C(COc1ccccc1F)Nn1cnc2c(cnn2-c2ccc(F)cc2)c1=O. The summed E-state index contributed by atoms with van der Waals surface area (Å²) in [5.74, 6) is -1.76. The molecule has 146 valence electrons. The Kier molecular flexibility index (Phi) is 4.73. The molecule has 1 N–H and O–H groups in total. The highest BCUT2D eigenvalue weighted by Crippen LogP contribution is 2.15. The van der Waals surface area contributed by atoms with Gasteiger partial charge in [-0.3, -0.25) is 15.0 Å². The summed E-state index contributed by atoms with van der Waals surface area (Å²) in [4.78, 5) is 28.8. The normalized spacial score (nSPS) is 10.8. The largest absolute Gasteiger partial charge is 0.481 e. The van der Waals surface area contributed by atoms with Crippen molar-refractivity contribution in [1.29, 1.82) is 0 Å². The van der Waals surface area contributed by atoms with Crippen molar-refractivity contribution in [3.8, 4) is 11.4 Å². The van der Waals surface area contributed by atoms with Crippen LogP contribution in [0.3, 0.4) is 0 Å². The van der Waals surface area contributed by atoms with Crippen molar-refractivity contribution in [2.24, 2.45) is 0 Å². The Bertz CT molecular complexity index is 1250. The summed E-state index contributed by atoms with van der Waals surface area (Å²) >= 11 is 0. The maximum Gasteiger partial charge on any atom is 0.283 e. The summed E-state index contributed by atoms with van der Waals surface area (Å²) < 4.78 is 34.0. The van der Waals surface area contributed by atoms with Gasteiger partial charge in [-0.25, -0.2) is 23.1 Å². The first-order valence-electron chi connectivity index (χ1n) is 8.41. The molecule has 2 aromatic carbocycles. The van der Waals surface area contributed by atoms with Crippen molar-refractivity contribution in [2.75, 3.05) is 12.0 Å². The number of para-hydroxylation sites is 1. The lowest BCUT2D eigenvalue weighted by atomic mass is 10.3. The van der Waals surface area contributed by atoms with E-state index in [4.69, 9.17) is 4.74 Å². The minimum absolute atomic E-state index is 0.0795. The van der Waals surface area contributed by atoms with Gasteiger partial charge in [0.1, 0.15) is 17.5 Å². The van der Waals surface area contributed by atoms with Gasteiger partial charge in [-0.2, -0.15) is 5.10 Å². The van der Waals surface area contributed by atoms with Crippen molar-refractivity contribution >= 4 is 16.9 Å². The highest BCUT2D eigenvalue weighted by atomic mass is 19.1. The van der Waals surface area contributed by atoms with E-state index in [2.05, 4.69) is 15.5 Å². The summed E-state index contributed by atoms with van der Waals surface area (Å²) in [6, 6.07) is 11.2. The van der Waals surface area contributed by atoms with Gasteiger partial charge in [0.25, 0.3) is 11.5 Å². The molecule has 2 aromatic heterocycles. The molecule has 0 aliphatic heterocycles. The number of nitrogens with one attached hydrogen (secondary N) is 1. The summed E-state index contributed by atoms with van der Waals surface area (Å²) in [6.07, 6.45) is 2.42. The number of ether oxygens (including phenoxy) is 1. The van der Waals surface area contributed by atoms with E-state index < -0.39 is 29.7 Å². The van der Waals surface area contributed by atoms with Gasteiger partial charge in [0, 0.05) is 0 Å². The highest BCUT2D eigenvalue weighted by molar-refractivity contribution is 5.85. The molecule has 29 heavy (non-hydrogen) atoms. The van der Waals surface area contributed by atoms with E-state index in [9.17, 15) is 18.4 Å². The second-order valence-corrected chi connectivity index (χ2v) is 5.94. The third-order valence-electron chi connectivity index (χ3n) is 4.00. The highest BCUT2D eigenvalue weighted by Gasteiger charge is 2.13. The van der Waals surface area contributed by atoms with Crippen LogP contribution >= 0.6 is 0 Å². The number of hydrogen-bond acceptors (Lipinski definition) is 5. The van der Waals surface area contributed by atoms with Gasteiger partial charge in [-0.1, -0.05) is 12.1 Å². The summed E-state index contributed by atoms with van der Waals surface area (Å²) in [5.41, 5.74) is 2.52. The molecule has 4 rings (SSSR count). The van der Waals surface area contributed by atoms with Crippen LogP contribution in [0.4, 0.5) is 8.78 Å². The van der Waals surface area contributed by atoms with Crippen LogP contribution in [-0.4, -0.2) is 32.0 Å². The molecule has 0 fully saturated rings. The van der Waals surface area contributed by atoms with Crippen LogP contribution in [0.5, 0.6) is 5.75 Å². The number of amides is 1. The fraction of sp³-hybridized carbons (Fsp3) is 0.0526. The minimum Gasteiger partial charge on any atom is -0.481 e. The van der Waals surface area contributed by atoms with Crippen LogP contribution in [0.25, 0.3) is 16.7 Å². The van der Waals surface area contributed by atoms with Gasteiger partial charge < -0.3 is 4.74 Å². The van der Waals surface area contributed by atoms with E-state index in [1.165, 1.54) is 53.3 Å². The Morgan fingerprint density at radius 2 is 1.86 bits per heavy atom. The molecule has 0 saturated heterocycles. The topological polar surface area (TPSA) is 91.0 Å². The molecule has 0 aliphatic carbocycles. The standard InChI is InChI=1S/C19H13F2N5O3/c20-12-5-7-13(8-6-12)26-18-14(9-23-26)19(28)25(11-22-18)24-17(27)10-29-16-4-2-1-3-15(16)21/h1-9,11H,10H2,(H,24,27). The lowest BCUT2D eigenvalue weighted by Crippen LogP contribution is -2.35. The number of halogens is 2. The Morgan fingerprint density at radius 1 is 1.10 bits per heavy atom. The lowest BCUT2D eigenvalue weighted by Gasteiger charge is -2.09. The second-order valence-electron chi connectivity index (χ2n) is 5.94. The number of hydrogen-bond donors (Lipinski definition) is 1. The molecule has 0 atom stereocenters. The van der Waals surface area contributed by atoms with Crippen LogP contribution in [0.2, 0.25) is 0 Å². The van der Waals surface area contributed by atoms with Gasteiger partial charge in [-0.15, -0.1) is 0 Å². The van der Waals surface area contributed by atoms with Gasteiger partial charge >= 0.3 is 0 Å². The van der Waals surface area contributed by atoms with Crippen LogP contribution < -0.4 is 15.7 Å². The molecule has 4 aromatic rings. The summed E-state index contributed by atoms with van der Waals surface area (Å²) in [6.45, 7) is -0.500. The average Bonchev–Trinajstić information content (AvgIpc) is 3.15. The van der Waals surface area contributed by atoms with Crippen molar-refractivity contribution in [3.63, 3.8) is 0 Å². The van der Waals surface area contributed by atoms with E-state index in [0.717, 1.165) is 11.0 Å². The van der Waals surface area contributed by atoms with Gasteiger partial charge in [0.15, 0.2) is 23.8 Å². The zero-order valence-electron chi connectivity index (χ0n) is 14.8. The molecule has 10 heteroatoms. The lowest BCUT2D eigenvalue weighted by molar-refractivity contribution is -0.119. The first-order chi connectivity index (χ1) is 14.0. The molecule has 2 heterocycles. The van der Waals surface area contributed by atoms with E-state index in [1.54, 1.807) is 6.07 Å². The number of benzene rings is 2. The molecule has 0 unspecified atom stereocenters. The van der Waals surface area contributed by atoms with Crippen LogP contribution in [-0.2, 0) is 4.79 Å². The molecular weight excluding hydrogens is 384 g/mol. The number of nitrogens with zero attached hydrogens (tertiary/aromatic N) is 4. The molecule has 0 bridgehead atoms. The Hall–Kier alpha value is -4.08. The average molecular weight is 397 g/mol. The number of carbonyl (C=O) groups excluding carboxylic acids is 1. The third kappa shape index (κ3) is 3.68. The van der Waals surface area contributed by atoms with Crippen LogP contribution in [0, 0.1) is 11.6 Å². The number of aromatic nitrogens is 4. The molecule has 0 radical (unpaired) electrons. The van der Waals surface area contributed by atoms with Gasteiger partial charge in [0.2, 0.25) is 0 Å². The summed E-state index contributed by atoms with van der Waals surface area (Å²) in [7, 11) is 0. The predicted molar refractivity (Wildman–Crippen MR) is 99.3 cm³/mol. The number of rotatable bonds is 5.